The quantitative estimate of drug-likeness (QED) is 0.477. The van der Waals surface area contributed by atoms with E-state index >= 15 is 0 Å². The van der Waals surface area contributed by atoms with Gasteiger partial charge in [-0.25, -0.2) is 22.3 Å². The van der Waals surface area contributed by atoms with Crippen LogP contribution >= 0.6 is 0 Å². The Morgan fingerprint density at radius 1 is 1.06 bits per heavy atom. The second-order valence-electron chi connectivity index (χ2n) is 8.26. The average Bonchev–Trinajstić information content (AvgIpc) is 2.75. The van der Waals surface area contributed by atoms with Gasteiger partial charge in [-0.05, 0) is 56.4 Å². The molecule has 1 aliphatic carbocycles. The summed E-state index contributed by atoms with van der Waals surface area (Å²) in [5, 5.41) is 15.6. The van der Waals surface area contributed by atoms with Crippen molar-refractivity contribution in [3.05, 3.63) is 30.1 Å². The van der Waals surface area contributed by atoms with Crippen LogP contribution in [0, 0.1) is 5.82 Å². The fourth-order valence-electron chi connectivity index (χ4n) is 4.20. The van der Waals surface area contributed by atoms with Crippen molar-refractivity contribution in [2.45, 2.75) is 80.6 Å². The molecule has 8 nitrogen and oxygen atoms in total. The fraction of sp³-hybridized carbons (Fsp3) is 0.667. The summed E-state index contributed by atoms with van der Waals surface area (Å²) < 4.78 is 45.9. The molecule has 0 bridgehead atoms. The number of aliphatic hydroxyl groups is 1. The summed E-state index contributed by atoms with van der Waals surface area (Å²) in [6.45, 7) is -0.0744. The molecule has 1 saturated carbocycles. The number of urea groups is 1. The fourth-order valence-corrected chi connectivity index (χ4v) is 5.25. The first-order valence-corrected chi connectivity index (χ1v) is 12.4. The van der Waals surface area contributed by atoms with Gasteiger partial charge in [0, 0.05) is 12.6 Å². The van der Waals surface area contributed by atoms with Crippen LogP contribution in [0.5, 0.6) is 0 Å². The zero-order chi connectivity index (χ0) is 22.3. The molecule has 1 saturated heterocycles. The summed E-state index contributed by atoms with van der Waals surface area (Å²) in [5.41, 5.74) is 0. The lowest BCUT2D eigenvalue weighted by Gasteiger charge is -2.36. The molecule has 1 aliphatic heterocycles. The summed E-state index contributed by atoms with van der Waals surface area (Å²) in [7, 11) is -3.72. The maximum atomic E-state index is 13.0. The molecule has 0 unspecified atom stereocenters. The smallest absolute Gasteiger partial charge is 0.315 e. The lowest BCUT2D eigenvalue weighted by Crippen LogP contribution is -2.55. The van der Waals surface area contributed by atoms with E-state index in [1.54, 1.807) is 0 Å². The summed E-state index contributed by atoms with van der Waals surface area (Å²) in [5.74, 6) is -0.500. The predicted octanol–water partition coefficient (Wildman–Crippen LogP) is 2.03. The maximum absolute atomic E-state index is 13.0. The van der Waals surface area contributed by atoms with Crippen molar-refractivity contribution < 1.29 is 27.4 Å². The van der Waals surface area contributed by atoms with Crippen molar-refractivity contribution in [3.63, 3.8) is 0 Å². The van der Waals surface area contributed by atoms with Gasteiger partial charge in [-0.2, -0.15) is 0 Å². The van der Waals surface area contributed by atoms with Crippen molar-refractivity contribution in [2.24, 2.45) is 0 Å². The Bertz CT molecular complexity index is 815. The molecule has 2 amide bonds. The first-order chi connectivity index (χ1) is 14.9. The van der Waals surface area contributed by atoms with Gasteiger partial charge in [0.15, 0.2) is 0 Å². The van der Waals surface area contributed by atoms with Gasteiger partial charge in [-0.15, -0.1) is 0 Å². The zero-order valence-electron chi connectivity index (χ0n) is 17.6. The van der Waals surface area contributed by atoms with Gasteiger partial charge in [0.1, 0.15) is 11.9 Å². The van der Waals surface area contributed by atoms with Crippen molar-refractivity contribution >= 4 is 16.1 Å². The van der Waals surface area contributed by atoms with Crippen LogP contribution in [0.25, 0.3) is 0 Å². The number of carbonyl (C=O) groups excluding carboxylic acids is 1. The number of sulfonamides is 1. The van der Waals surface area contributed by atoms with Crippen LogP contribution < -0.4 is 15.4 Å². The SMILES string of the molecule is O=C(NC1CCCCC1)N[C@H]1CC[C@@H](CCNS(=O)(=O)c2ccc(F)cc2)O[C@H]1CO. The lowest BCUT2D eigenvalue weighted by molar-refractivity contribution is -0.0887. The van der Waals surface area contributed by atoms with Crippen molar-refractivity contribution in [1.29, 1.82) is 0 Å². The van der Waals surface area contributed by atoms with Gasteiger partial charge in [-0.3, -0.25) is 0 Å². The van der Waals surface area contributed by atoms with E-state index in [0.717, 1.165) is 37.8 Å². The molecule has 3 rings (SSSR count). The number of benzene rings is 1. The number of hydrogen-bond acceptors (Lipinski definition) is 5. The summed E-state index contributed by atoms with van der Waals surface area (Å²) >= 11 is 0. The first-order valence-electron chi connectivity index (χ1n) is 11.0. The standard InChI is InChI=1S/C21H32FN3O5S/c22-15-6-9-18(10-7-15)31(28,29)23-13-12-17-8-11-19(20(14-26)30-17)25-21(27)24-16-4-2-1-3-5-16/h6-7,9-10,16-17,19-20,23,26H,1-5,8,11-14H2,(H2,24,25,27)/t17-,19-,20-/m0/s1. The summed E-state index contributed by atoms with van der Waals surface area (Å²) in [6.07, 6.45) is 6.40. The third-order valence-corrected chi connectivity index (χ3v) is 7.41. The minimum absolute atomic E-state index is 0.0000560. The number of ether oxygens (including phenoxy) is 1. The molecule has 0 radical (unpaired) electrons. The van der Waals surface area contributed by atoms with Crippen LogP contribution in [-0.2, 0) is 14.8 Å². The Balaban J connectivity index is 1.42. The Morgan fingerprint density at radius 3 is 2.45 bits per heavy atom. The lowest BCUT2D eigenvalue weighted by atomic mass is 9.95. The van der Waals surface area contributed by atoms with Crippen LogP contribution in [0.3, 0.4) is 0 Å². The number of halogens is 1. The van der Waals surface area contributed by atoms with Crippen LogP contribution in [0.2, 0.25) is 0 Å². The van der Waals surface area contributed by atoms with Gasteiger partial charge >= 0.3 is 6.03 Å². The summed E-state index contributed by atoms with van der Waals surface area (Å²) in [6, 6.07) is 4.30. The Labute approximate surface area is 183 Å². The maximum Gasteiger partial charge on any atom is 0.315 e. The first kappa shape index (κ1) is 23.9. The highest BCUT2D eigenvalue weighted by Gasteiger charge is 2.32. The molecule has 174 valence electrons. The van der Waals surface area contributed by atoms with Crippen LogP contribution in [0.15, 0.2) is 29.2 Å². The number of hydrogen-bond donors (Lipinski definition) is 4. The van der Waals surface area contributed by atoms with E-state index in [9.17, 15) is 22.7 Å². The number of aliphatic hydroxyl groups excluding tert-OH is 1. The molecule has 0 aromatic heterocycles. The molecule has 2 fully saturated rings. The molecule has 1 aromatic carbocycles. The van der Waals surface area contributed by atoms with E-state index in [1.807, 2.05) is 0 Å². The third-order valence-electron chi connectivity index (χ3n) is 5.93. The number of nitrogens with one attached hydrogen (secondary N) is 3. The molecular formula is C21H32FN3O5S. The monoisotopic (exact) mass is 457 g/mol. The van der Waals surface area contributed by atoms with Crippen molar-refractivity contribution in [2.75, 3.05) is 13.2 Å². The minimum Gasteiger partial charge on any atom is -0.394 e. The Hall–Kier alpha value is -1.75. The van der Waals surface area contributed by atoms with Crippen LogP contribution in [0.4, 0.5) is 9.18 Å². The van der Waals surface area contributed by atoms with E-state index in [0.29, 0.717) is 19.3 Å². The highest BCUT2D eigenvalue weighted by molar-refractivity contribution is 7.89. The second kappa shape index (κ2) is 11.2. The average molecular weight is 458 g/mol. The molecule has 1 heterocycles. The highest BCUT2D eigenvalue weighted by atomic mass is 32.2. The van der Waals surface area contributed by atoms with Gasteiger partial charge in [-0.1, -0.05) is 19.3 Å². The molecule has 31 heavy (non-hydrogen) atoms. The molecule has 0 spiro atoms. The Morgan fingerprint density at radius 2 is 1.77 bits per heavy atom. The Kier molecular flexibility index (Phi) is 8.65. The van der Waals surface area contributed by atoms with E-state index in [2.05, 4.69) is 15.4 Å². The molecule has 3 atom stereocenters. The topological polar surface area (TPSA) is 117 Å². The zero-order valence-corrected chi connectivity index (χ0v) is 18.4. The highest BCUT2D eigenvalue weighted by Crippen LogP contribution is 2.22. The van der Waals surface area contributed by atoms with E-state index in [4.69, 9.17) is 4.74 Å². The molecule has 1 aromatic rings. The third kappa shape index (κ3) is 7.13. The largest absolute Gasteiger partial charge is 0.394 e. The predicted molar refractivity (Wildman–Crippen MR) is 114 cm³/mol. The van der Waals surface area contributed by atoms with Crippen LogP contribution in [0.1, 0.15) is 51.4 Å². The second-order valence-corrected chi connectivity index (χ2v) is 10.0. The molecular weight excluding hydrogens is 425 g/mol. The van der Waals surface area contributed by atoms with Crippen molar-refractivity contribution in [3.8, 4) is 0 Å². The van der Waals surface area contributed by atoms with Gasteiger partial charge in [0.05, 0.1) is 23.6 Å². The van der Waals surface area contributed by atoms with Gasteiger partial charge in [0.25, 0.3) is 0 Å². The van der Waals surface area contributed by atoms with E-state index < -0.39 is 21.9 Å². The van der Waals surface area contributed by atoms with Gasteiger partial charge < -0.3 is 20.5 Å². The molecule has 4 N–H and O–H groups in total. The normalized spacial score (nSPS) is 25.2. The van der Waals surface area contributed by atoms with Gasteiger partial charge in [0.2, 0.25) is 10.0 Å². The van der Waals surface area contributed by atoms with Crippen molar-refractivity contribution in [1.82, 2.24) is 15.4 Å². The number of amides is 2. The molecule has 2 aliphatic rings. The van der Waals surface area contributed by atoms with Crippen LogP contribution in [-0.4, -0.2) is 57.0 Å². The number of rotatable bonds is 8. The number of carbonyl (C=O) groups is 1. The summed E-state index contributed by atoms with van der Waals surface area (Å²) in [4.78, 5) is 12.3. The van der Waals surface area contributed by atoms with E-state index in [-0.39, 0.29) is 42.3 Å². The molecule has 10 heteroatoms. The van der Waals surface area contributed by atoms with E-state index in [1.165, 1.54) is 18.6 Å². The minimum atomic E-state index is -3.72.